The Labute approximate surface area is 827 Å². The van der Waals surface area contributed by atoms with Crippen LogP contribution >= 0.6 is 81.2 Å². The topological polar surface area (TPSA) is 247 Å². The highest BCUT2D eigenvalue weighted by Gasteiger charge is 2.40. The van der Waals surface area contributed by atoms with E-state index >= 15 is 0 Å². The lowest BCUT2D eigenvalue weighted by Gasteiger charge is -2.45. The number of benzene rings is 8. The van der Waals surface area contributed by atoms with Crippen molar-refractivity contribution in [3.05, 3.63) is 245 Å². The van der Waals surface area contributed by atoms with Gasteiger partial charge < -0.3 is 65.7 Å². The Hall–Kier alpha value is -7.37. The minimum atomic E-state index is -3.52. The number of aliphatic hydroxyl groups excluding tert-OH is 2. The molecule has 30 heteroatoms. The summed E-state index contributed by atoms with van der Waals surface area (Å²) in [5.74, 6) is 3.63. The Morgan fingerprint density at radius 3 is 1.89 bits per heavy atom. The molecule has 5 heterocycles. The van der Waals surface area contributed by atoms with Crippen LogP contribution in [0.15, 0.2) is 181 Å². The van der Waals surface area contributed by atoms with E-state index < -0.39 is 33.5 Å². The summed E-state index contributed by atoms with van der Waals surface area (Å²) in [5, 5.41) is 39.7. The van der Waals surface area contributed by atoms with E-state index in [0.29, 0.717) is 83.1 Å². The Kier molecular flexibility index (Phi) is 40.8. The SMILES string of the molecule is CC(=O)[C@](C)(Cc1ccccc1)N1CCC(CN2CCC(Oc3ccc(Cl)c(Cl)c3C)CC2)CC1.CS(=O)(=O)c1ccccc1C(=O)NCC(O)CNC1CCN(Cc2ccc(Cl)c(Cl)c2)CC1.O=C(Nc1cccc(Cl)c1)N[C@@H]1CCCC[C@H]1CN1CCC[C@@H](Cc2ccc(F)cc2)C1.O=C(Nc1ccccc1OCC(O)CN1CCC(Oc2ccc(Cl)c(Cl)c2)CC1)C1CCC1.[HH].[HH].[HH].[HH].[HH]. The van der Waals surface area contributed by atoms with Gasteiger partial charge in [-0.15, -0.1) is 0 Å². The molecule has 8 aromatic carbocycles. The van der Waals surface area contributed by atoms with Crippen LogP contribution in [0.25, 0.3) is 0 Å². The van der Waals surface area contributed by atoms with Gasteiger partial charge in [-0.05, 0) is 282 Å². The lowest BCUT2D eigenvalue weighted by molar-refractivity contribution is -0.129. The first-order chi connectivity index (χ1) is 63.9. The van der Waals surface area contributed by atoms with Gasteiger partial charge in [0.2, 0.25) is 5.91 Å². The van der Waals surface area contributed by atoms with Crippen LogP contribution in [0.3, 0.4) is 0 Å². The van der Waals surface area contributed by atoms with Crippen LogP contribution in [0.2, 0.25) is 35.2 Å². The van der Waals surface area contributed by atoms with Crippen molar-refractivity contribution >= 4 is 126 Å². The molecule has 0 aromatic heterocycles. The van der Waals surface area contributed by atoms with Crippen LogP contribution in [0.1, 0.15) is 163 Å². The quantitative estimate of drug-likeness (QED) is 0.0207. The fourth-order valence-corrected chi connectivity index (χ4v) is 20.9. The zero-order valence-corrected chi connectivity index (χ0v) is 82.8. The van der Waals surface area contributed by atoms with Crippen LogP contribution < -0.4 is 40.8 Å². The third kappa shape index (κ3) is 32.9. The third-order valence-electron chi connectivity index (χ3n) is 26.8. The summed E-state index contributed by atoms with van der Waals surface area (Å²) < 4.78 is 55.1. The van der Waals surface area contributed by atoms with E-state index in [9.17, 15) is 42.2 Å². The molecule has 7 N–H and O–H groups in total. The molecule has 5 aliphatic heterocycles. The second kappa shape index (κ2) is 51.9. The number of halogens is 8. The van der Waals surface area contributed by atoms with Crippen molar-refractivity contribution in [1.29, 1.82) is 0 Å². The number of ether oxygens (including phenoxy) is 3. The number of ketones is 1. The number of urea groups is 1. The molecule has 0 spiro atoms. The van der Waals surface area contributed by atoms with Crippen molar-refractivity contribution < 1.29 is 63.5 Å². The highest BCUT2D eigenvalue weighted by molar-refractivity contribution is 7.90. The minimum absolute atomic E-state index is 0. The number of amides is 4. The summed E-state index contributed by atoms with van der Waals surface area (Å²) in [6.45, 7) is 19.7. The average Bonchev–Trinajstić information content (AvgIpc) is 0.793. The van der Waals surface area contributed by atoms with Gasteiger partial charge in [-0.3, -0.25) is 24.2 Å². The molecule has 0 bridgehead atoms. The number of carbonyl (C=O) groups is 4. The third-order valence-corrected chi connectivity index (χ3v) is 30.6. The van der Waals surface area contributed by atoms with E-state index in [1.54, 1.807) is 55.5 Å². The molecule has 730 valence electrons. The number of hydrogen-bond donors (Lipinski definition) is 7. The number of rotatable bonds is 32. The second-order valence-corrected chi connectivity index (χ2v) is 41.8. The normalized spacial score (nSPS) is 19.8. The molecule has 4 amide bonds. The van der Waals surface area contributed by atoms with Crippen molar-refractivity contribution in [1.82, 2.24) is 40.4 Å². The number of piperidine rings is 5. The number of sulfone groups is 1. The van der Waals surface area contributed by atoms with Gasteiger partial charge in [0.25, 0.3) is 5.91 Å². The highest BCUT2D eigenvalue weighted by atomic mass is 35.5. The molecule has 21 nitrogen and oxygen atoms in total. The number of anilines is 2. The summed E-state index contributed by atoms with van der Waals surface area (Å²) >= 11 is 42.5. The molecule has 7 aliphatic rings. The van der Waals surface area contributed by atoms with E-state index in [1.807, 2.05) is 97.9 Å². The lowest BCUT2D eigenvalue weighted by Crippen LogP contribution is -2.56. The summed E-state index contributed by atoms with van der Waals surface area (Å²) in [7, 11) is -3.52. The zero-order chi connectivity index (χ0) is 94.6. The fourth-order valence-electron chi connectivity index (χ4n) is 18.8. The van der Waals surface area contributed by atoms with E-state index in [4.69, 9.17) is 95.4 Å². The molecule has 133 heavy (non-hydrogen) atoms. The first kappa shape index (κ1) is 105. The molecule has 2 saturated carbocycles. The maximum atomic E-state index is 13.2. The van der Waals surface area contributed by atoms with Crippen molar-refractivity contribution in [2.45, 2.75) is 196 Å². The van der Waals surface area contributed by atoms with Gasteiger partial charge in [0, 0.05) is 126 Å². The molecule has 6 atom stereocenters. The van der Waals surface area contributed by atoms with E-state index in [-0.39, 0.29) is 84.5 Å². The number of aliphatic hydroxyl groups is 2. The molecule has 0 radical (unpaired) electrons. The molecule has 7 fully saturated rings. The van der Waals surface area contributed by atoms with E-state index in [1.165, 1.54) is 42.5 Å². The van der Waals surface area contributed by atoms with Crippen LogP contribution in [-0.4, -0.2) is 220 Å². The van der Waals surface area contributed by atoms with Crippen LogP contribution in [0.4, 0.5) is 20.6 Å². The van der Waals surface area contributed by atoms with Gasteiger partial charge in [-0.25, -0.2) is 17.6 Å². The van der Waals surface area contributed by atoms with Crippen molar-refractivity contribution in [2.24, 2.45) is 23.7 Å². The average molecular weight is 1990 g/mol. The number of Topliss-reactive ketones (excluding diaryl/α,β-unsaturated/α-hetero) is 1. The number of nitrogens with one attached hydrogen (secondary N) is 5. The fraction of sp³-hybridized carbons (Fsp3) is 0.495. The molecule has 5 saturated heterocycles. The highest BCUT2D eigenvalue weighted by Crippen LogP contribution is 2.38. The monoisotopic (exact) mass is 1990 g/mol. The first-order valence-electron chi connectivity index (χ1n) is 47.1. The summed E-state index contributed by atoms with van der Waals surface area (Å²) in [5.41, 5.74) is 5.50. The molecule has 2 unspecified atom stereocenters. The molecule has 8 aromatic rings. The lowest BCUT2D eigenvalue weighted by atomic mass is 9.83. The minimum Gasteiger partial charge on any atom is -0.490 e. The number of carbonyl (C=O) groups excluding carboxylic acids is 4. The van der Waals surface area contributed by atoms with E-state index in [0.717, 1.165) is 217 Å². The number of β-amino-alcohol motifs (C(OH)–C–C–N with tert-alkyl or cyclic N) is 1. The van der Waals surface area contributed by atoms with Gasteiger partial charge in [-0.2, -0.15) is 0 Å². The number of hydrogen-bond acceptors (Lipinski definition) is 17. The first-order valence-corrected chi connectivity index (χ1v) is 51.6. The Bertz CT molecular complexity index is 5210. The number of nitrogens with zero attached hydrogens (tertiary/aromatic N) is 5. The van der Waals surface area contributed by atoms with Gasteiger partial charge in [0.1, 0.15) is 53.8 Å². The molecular formula is C103H140Cl7FN10O11S. The van der Waals surface area contributed by atoms with Gasteiger partial charge in [0.05, 0.1) is 57.9 Å². The van der Waals surface area contributed by atoms with Crippen molar-refractivity contribution in [3.63, 3.8) is 0 Å². The maximum Gasteiger partial charge on any atom is 0.319 e. The molecular weight excluding hydrogens is 1850 g/mol. The largest absolute Gasteiger partial charge is 0.490 e. The van der Waals surface area contributed by atoms with Crippen molar-refractivity contribution in [2.75, 3.05) is 122 Å². The summed E-state index contributed by atoms with van der Waals surface area (Å²) in [6.07, 6.45) is 19.7. The number of para-hydroxylation sites is 2. The Morgan fingerprint density at radius 2 is 1.20 bits per heavy atom. The molecule has 2 aliphatic carbocycles. The number of likely N-dealkylation sites (tertiary alicyclic amines) is 5. The predicted molar refractivity (Wildman–Crippen MR) is 545 cm³/mol. The Balaban J connectivity index is 0.000000248. The molecule has 15 rings (SSSR count). The van der Waals surface area contributed by atoms with Crippen LogP contribution in [0, 0.1) is 36.4 Å². The maximum absolute atomic E-state index is 13.2. The van der Waals surface area contributed by atoms with Gasteiger partial charge in [-0.1, -0.05) is 179 Å². The Morgan fingerprint density at radius 1 is 0.556 bits per heavy atom. The second-order valence-electron chi connectivity index (χ2n) is 37.0. The van der Waals surface area contributed by atoms with E-state index in [2.05, 4.69) is 82.3 Å². The zero-order valence-electron chi connectivity index (χ0n) is 76.7. The van der Waals surface area contributed by atoms with Crippen LogP contribution in [0.5, 0.6) is 17.2 Å². The summed E-state index contributed by atoms with van der Waals surface area (Å²) in [4.78, 5) is 62.2. The summed E-state index contributed by atoms with van der Waals surface area (Å²) in [6, 6.07) is 53.0. The predicted octanol–water partition coefficient (Wildman–Crippen LogP) is 21.5. The van der Waals surface area contributed by atoms with Crippen LogP contribution in [-0.2, 0) is 38.8 Å². The smallest absolute Gasteiger partial charge is 0.319 e. The standard InChI is InChI=1S/C29H38Cl2N2O2.C26H33ClFN3O.C25H30Cl2N2O4.C23H29Cl2N3O4S.5H2/c1-21-27(10-9-26(30)28(21)31)35-25-13-15-32(16-14-25)20-24-11-17-33(18-12-24)29(3,22(2)34)19-23-7-5-4-6-8-23;27-22-7-3-8-24(16-22)29-26(32)30-25-9-2-1-6-21(25)18-31-14-4-5-20(17-31)15-19-10-12-23(28)13-11-19;26-21-9-8-20(14-22(21)27)33-19-10-12-29(13-11-19)15-18(30)16-32-24-7-2-1-6-23(24)28-25(31)17-4-3-5-17;1-33(31,32)22-5-3-2-4-19(22)23(30)27-14-18(29)13-26-17-8-10-28(11-9-17)15-16-6-7-20(24)21(25)12-16;;;;;/h4-10,24-25H,11-20H2,1-3H3;3,7-8,10-13,16,20-21,25H,1-2,4-6,9,14-15,17-18H2,(H2,29,30,32);1-2,6-9,14,17-19,30H,3-5,10-13,15-16H2,(H,28,31);2-7,12,17-18,26,29H,8-11,13-15H2,1H3,(H,27,30);5*1H/t29-;20-,21-,25+;;;;;;;/m00......./s1. The van der Waals surface area contributed by atoms with Gasteiger partial charge in [0.15, 0.2) is 9.84 Å². The van der Waals surface area contributed by atoms with Crippen molar-refractivity contribution in [3.8, 4) is 17.2 Å². The van der Waals surface area contributed by atoms with Gasteiger partial charge >= 0.3 is 6.03 Å².